The fourth-order valence-electron chi connectivity index (χ4n) is 2.18. The first-order chi connectivity index (χ1) is 11.9. The zero-order chi connectivity index (χ0) is 18.0. The number of thiazole rings is 1. The summed E-state index contributed by atoms with van der Waals surface area (Å²) in [7, 11) is 3.24. The van der Waals surface area contributed by atoms with Crippen molar-refractivity contribution in [3.63, 3.8) is 0 Å². The molecular formula is C17H14ClNO4S2. The van der Waals surface area contributed by atoms with Crippen molar-refractivity contribution >= 4 is 31.1 Å². The summed E-state index contributed by atoms with van der Waals surface area (Å²) in [6.45, 7) is 1.62. The summed E-state index contributed by atoms with van der Waals surface area (Å²) in [4.78, 5) is 4.28. The lowest BCUT2D eigenvalue weighted by atomic mass is 10.2. The largest absolute Gasteiger partial charge is 0.497 e. The van der Waals surface area contributed by atoms with Crippen molar-refractivity contribution in [2.24, 2.45) is 0 Å². The van der Waals surface area contributed by atoms with Crippen LogP contribution in [0.2, 0.25) is 0 Å². The van der Waals surface area contributed by atoms with Crippen LogP contribution >= 0.6 is 22.0 Å². The van der Waals surface area contributed by atoms with Crippen LogP contribution in [0.1, 0.15) is 5.69 Å². The molecule has 0 spiro atoms. The SMILES string of the molecule is COc1ccc(Oc2ccc(-c3nc(C)c(S(=O)(=O)Cl)s3)cc2)cc1. The minimum Gasteiger partial charge on any atom is -0.497 e. The molecule has 0 aliphatic carbocycles. The number of benzene rings is 2. The summed E-state index contributed by atoms with van der Waals surface area (Å²) in [5, 5.41) is 0.590. The van der Waals surface area contributed by atoms with Gasteiger partial charge in [0.25, 0.3) is 9.05 Å². The Bertz CT molecular complexity index is 980. The third-order valence-electron chi connectivity index (χ3n) is 3.37. The van der Waals surface area contributed by atoms with Gasteiger partial charge in [-0.2, -0.15) is 0 Å². The van der Waals surface area contributed by atoms with Crippen LogP contribution in [0.5, 0.6) is 17.2 Å². The number of aryl methyl sites for hydroxylation is 1. The Labute approximate surface area is 154 Å². The second-order valence-electron chi connectivity index (χ2n) is 5.13. The molecule has 5 nitrogen and oxygen atoms in total. The van der Waals surface area contributed by atoms with Crippen LogP contribution in [-0.4, -0.2) is 20.5 Å². The zero-order valence-electron chi connectivity index (χ0n) is 13.4. The monoisotopic (exact) mass is 395 g/mol. The third kappa shape index (κ3) is 4.12. The first-order valence-corrected chi connectivity index (χ1v) is 10.3. The van der Waals surface area contributed by atoms with E-state index in [0.29, 0.717) is 22.2 Å². The van der Waals surface area contributed by atoms with Crippen LogP contribution < -0.4 is 9.47 Å². The smallest absolute Gasteiger partial charge is 0.272 e. The van der Waals surface area contributed by atoms with E-state index in [1.54, 1.807) is 26.2 Å². The van der Waals surface area contributed by atoms with Gasteiger partial charge in [-0.05, 0) is 55.5 Å². The Balaban J connectivity index is 1.80. The molecule has 2 aromatic carbocycles. The van der Waals surface area contributed by atoms with Crippen molar-refractivity contribution in [1.82, 2.24) is 4.98 Å². The number of hydrogen-bond acceptors (Lipinski definition) is 6. The topological polar surface area (TPSA) is 65.5 Å². The molecule has 0 saturated carbocycles. The molecule has 1 heterocycles. The van der Waals surface area contributed by atoms with E-state index >= 15 is 0 Å². The second kappa shape index (κ2) is 7.03. The Hall–Kier alpha value is -2.09. The average molecular weight is 396 g/mol. The van der Waals surface area contributed by atoms with E-state index in [9.17, 15) is 8.42 Å². The van der Waals surface area contributed by atoms with Gasteiger partial charge in [-0.25, -0.2) is 13.4 Å². The molecule has 0 fully saturated rings. The minimum atomic E-state index is -3.78. The molecule has 3 rings (SSSR count). The molecular weight excluding hydrogens is 382 g/mol. The van der Waals surface area contributed by atoms with Gasteiger partial charge in [0, 0.05) is 16.2 Å². The Morgan fingerprint density at radius 2 is 1.48 bits per heavy atom. The van der Waals surface area contributed by atoms with Crippen molar-refractivity contribution in [3.05, 3.63) is 54.2 Å². The lowest BCUT2D eigenvalue weighted by Gasteiger charge is -2.07. The van der Waals surface area contributed by atoms with Crippen LogP contribution in [0.3, 0.4) is 0 Å². The van der Waals surface area contributed by atoms with Crippen molar-refractivity contribution in [2.45, 2.75) is 11.1 Å². The quantitative estimate of drug-likeness (QED) is 0.578. The minimum absolute atomic E-state index is 0.0720. The van der Waals surface area contributed by atoms with E-state index in [4.69, 9.17) is 20.2 Å². The Morgan fingerprint density at radius 3 is 1.96 bits per heavy atom. The van der Waals surface area contributed by atoms with Crippen molar-refractivity contribution in [1.29, 1.82) is 0 Å². The first kappa shape index (κ1) is 17.7. The van der Waals surface area contributed by atoms with Gasteiger partial charge in [-0.3, -0.25) is 0 Å². The maximum atomic E-state index is 11.5. The van der Waals surface area contributed by atoms with Gasteiger partial charge >= 0.3 is 0 Å². The highest BCUT2D eigenvalue weighted by Crippen LogP contribution is 2.34. The van der Waals surface area contributed by atoms with Crippen LogP contribution in [0.25, 0.3) is 10.6 Å². The molecule has 0 aliphatic rings. The number of methoxy groups -OCH3 is 1. The first-order valence-electron chi connectivity index (χ1n) is 7.21. The molecule has 3 aromatic rings. The van der Waals surface area contributed by atoms with Gasteiger partial charge in [0.1, 0.15) is 22.3 Å². The summed E-state index contributed by atoms with van der Waals surface area (Å²) in [6, 6.07) is 14.5. The number of rotatable bonds is 5. The predicted octanol–water partition coefficient (Wildman–Crippen LogP) is 4.85. The van der Waals surface area contributed by atoms with Gasteiger partial charge in [0.15, 0.2) is 4.21 Å². The van der Waals surface area contributed by atoms with E-state index in [-0.39, 0.29) is 4.21 Å². The molecule has 25 heavy (non-hydrogen) atoms. The number of ether oxygens (including phenoxy) is 2. The van der Waals surface area contributed by atoms with E-state index in [2.05, 4.69) is 4.98 Å². The standard InChI is InChI=1S/C17H14ClNO4S2/c1-11-17(25(18,20)21)24-16(19-11)12-3-5-14(6-4-12)23-15-9-7-13(22-2)8-10-15/h3-10H,1-2H3. The molecule has 0 bridgehead atoms. The lowest BCUT2D eigenvalue weighted by Crippen LogP contribution is -1.88. The van der Waals surface area contributed by atoms with Crippen LogP contribution in [0.4, 0.5) is 0 Å². The van der Waals surface area contributed by atoms with Gasteiger partial charge in [0.2, 0.25) is 0 Å². The number of halogens is 1. The summed E-state index contributed by atoms with van der Waals surface area (Å²) in [5.74, 6) is 2.11. The maximum Gasteiger partial charge on any atom is 0.272 e. The van der Waals surface area contributed by atoms with Gasteiger partial charge in [-0.1, -0.05) is 0 Å². The summed E-state index contributed by atoms with van der Waals surface area (Å²) < 4.78 is 34.0. The van der Waals surface area contributed by atoms with Gasteiger partial charge in [0.05, 0.1) is 12.8 Å². The normalized spacial score (nSPS) is 11.3. The molecule has 0 amide bonds. The van der Waals surface area contributed by atoms with E-state index < -0.39 is 9.05 Å². The summed E-state index contributed by atoms with van der Waals surface area (Å²) >= 11 is 1.05. The van der Waals surface area contributed by atoms with E-state index in [1.165, 1.54) is 0 Å². The fraction of sp³-hybridized carbons (Fsp3) is 0.118. The highest BCUT2D eigenvalue weighted by Gasteiger charge is 2.19. The highest BCUT2D eigenvalue weighted by atomic mass is 35.7. The highest BCUT2D eigenvalue weighted by molar-refractivity contribution is 8.15. The molecule has 0 radical (unpaired) electrons. The average Bonchev–Trinajstić information content (AvgIpc) is 2.98. The van der Waals surface area contributed by atoms with Gasteiger partial charge in [-0.15, -0.1) is 11.3 Å². The van der Waals surface area contributed by atoms with Crippen molar-refractivity contribution in [2.75, 3.05) is 7.11 Å². The molecule has 0 unspecified atom stereocenters. The maximum absolute atomic E-state index is 11.5. The lowest BCUT2D eigenvalue weighted by molar-refractivity contribution is 0.413. The summed E-state index contributed by atoms with van der Waals surface area (Å²) in [6.07, 6.45) is 0. The van der Waals surface area contributed by atoms with Gasteiger partial charge < -0.3 is 9.47 Å². The molecule has 1 aromatic heterocycles. The van der Waals surface area contributed by atoms with Crippen molar-refractivity contribution in [3.8, 4) is 27.8 Å². The van der Waals surface area contributed by atoms with E-state index in [1.807, 2.05) is 36.4 Å². The van der Waals surface area contributed by atoms with Crippen molar-refractivity contribution < 1.29 is 17.9 Å². The van der Waals surface area contributed by atoms with Crippen LogP contribution in [0.15, 0.2) is 52.7 Å². The number of aromatic nitrogens is 1. The van der Waals surface area contributed by atoms with Crippen LogP contribution in [-0.2, 0) is 9.05 Å². The number of hydrogen-bond donors (Lipinski definition) is 0. The molecule has 130 valence electrons. The van der Waals surface area contributed by atoms with E-state index in [0.717, 1.165) is 22.6 Å². The predicted molar refractivity (Wildman–Crippen MR) is 98.4 cm³/mol. The molecule has 0 atom stereocenters. The number of nitrogens with zero attached hydrogens (tertiary/aromatic N) is 1. The fourth-order valence-corrected chi connectivity index (χ4v) is 4.63. The van der Waals surface area contributed by atoms with Crippen LogP contribution in [0, 0.1) is 6.92 Å². The molecule has 0 aliphatic heterocycles. The Kier molecular flexibility index (Phi) is 4.99. The zero-order valence-corrected chi connectivity index (χ0v) is 15.8. The summed E-state index contributed by atoms with van der Waals surface area (Å²) in [5.41, 5.74) is 1.19. The Morgan fingerprint density at radius 1 is 0.960 bits per heavy atom. The molecule has 0 saturated heterocycles. The molecule has 8 heteroatoms. The molecule has 0 N–H and O–H groups in total. The second-order valence-corrected chi connectivity index (χ2v) is 8.89. The third-order valence-corrected chi connectivity index (χ3v) is 6.76.